The molecule has 0 amide bonds. The van der Waals surface area contributed by atoms with E-state index >= 15 is 0 Å². The predicted octanol–water partition coefficient (Wildman–Crippen LogP) is 3.63. The molecule has 2 aromatic rings. The lowest BCUT2D eigenvalue weighted by atomic mass is 9.97. The molecule has 0 fully saturated rings. The standard InChI is InChI=1S/C15H12O2S/c16-11-7-5-10(6-8-11)14-9-15(18)12-3-1-2-4-13(12)17-14/h1-8,14,16H,9H2. The summed E-state index contributed by atoms with van der Waals surface area (Å²) in [5.74, 6) is 1.10. The summed E-state index contributed by atoms with van der Waals surface area (Å²) in [4.78, 5) is 0.926. The second kappa shape index (κ2) is 4.42. The zero-order chi connectivity index (χ0) is 12.5. The van der Waals surface area contributed by atoms with E-state index < -0.39 is 0 Å². The van der Waals surface area contributed by atoms with Crippen LogP contribution in [0, 0.1) is 0 Å². The molecule has 1 heterocycles. The van der Waals surface area contributed by atoms with Gasteiger partial charge in [-0.05, 0) is 23.8 Å². The first kappa shape index (κ1) is 11.2. The quantitative estimate of drug-likeness (QED) is 0.790. The summed E-state index contributed by atoms with van der Waals surface area (Å²) in [7, 11) is 0. The fourth-order valence-electron chi connectivity index (χ4n) is 2.15. The highest BCUT2D eigenvalue weighted by atomic mass is 32.1. The largest absolute Gasteiger partial charge is 0.508 e. The van der Waals surface area contributed by atoms with E-state index in [2.05, 4.69) is 0 Å². The summed E-state index contributed by atoms with van der Waals surface area (Å²) in [6.45, 7) is 0. The Kier molecular flexibility index (Phi) is 2.76. The van der Waals surface area contributed by atoms with Gasteiger partial charge in [-0.15, -0.1) is 0 Å². The van der Waals surface area contributed by atoms with Gasteiger partial charge in [0.25, 0.3) is 0 Å². The van der Waals surface area contributed by atoms with Crippen LogP contribution in [0.25, 0.3) is 0 Å². The van der Waals surface area contributed by atoms with Gasteiger partial charge in [-0.3, -0.25) is 0 Å². The SMILES string of the molecule is Oc1ccc(C2CC(=S)c3ccccc3O2)cc1. The van der Waals surface area contributed by atoms with Gasteiger partial charge < -0.3 is 9.84 Å². The molecule has 90 valence electrons. The first-order valence-electron chi connectivity index (χ1n) is 5.82. The van der Waals surface area contributed by atoms with Crippen LogP contribution in [-0.4, -0.2) is 9.97 Å². The molecular formula is C15H12O2S. The minimum absolute atomic E-state index is 0.0620. The topological polar surface area (TPSA) is 29.5 Å². The highest BCUT2D eigenvalue weighted by molar-refractivity contribution is 7.80. The number of thiocarbonyl (C=S) groups is 1. The van der Waals surface area contributed by atoms with Gasteiger partial charge >= 0.3 is 0 Å². The molecule has 2 nitrogen and oxygen atoms in total. The molecule has 1 unspecified atom stereocenters. The number of benzene rings is 2. The van der Waals surface area contributed by atoms with Crippen molar-refractivity contribution in [1.29, 1.82) is 0 Å². The van der Waals surface area contributed by atoms with E-state index in [0.717, 1.165) is 21.7 Å². The average Bonchev–Trinajstić information content (AvgIpc) is 2.39. The molecule has 0 saturated heterocycles. The van der Waals surface area contributed by atoms with Gasteiger partial charge in [-0.1, -0.05) is 42.5 Å². The molecule has 1 aliphatic rings. The molecule has 2 aromatic carbocycles. The zero-order valence-electron chi connectivity index (χ0n) is 9.67. The van der Waals surface area contributed by atoms with Crippen LogP contribution in [0.4, 0.5) is 0 Å². The van der Waals surface area contributed by atoms with Crippen LogP contribution < -0.4 is 4.74 Å². The lowest BCUT2D eigenvalue weighted by Gasteiger charge is -2.27. The second-order valence-electron chi connectivity index (χ2n) is 4.32. The minimum Gasteiger partial charge on any atom is -0.508 e. The van der Waals surface area contributed by atoms with Gasteiger partial charge in [-0.25, -0.2) is 0 Å². The minimum atomic E-state index is -0.0620. The number of hydrogen-bond acceptors (Lipinski definition) is 3. The first-order valence-corrected chi connectivity index (χ1v) is 6.22. The van der Waals surface area contributed by atoms with Crippen LogP contribution in [-0.2, 0) is 0 Å². The molecular weight excluding hydrogens is 244 g/mol. The van der Waals surface area contributed by atoms with E-state index in [1.54, 1.807) is 12.1 Å². The Labute approximate surface area is 111 Å². The Morgan fingerprint density at radius 3 is 2.56 bits per heavy atom. The molecule has 0 aromatic heterocycles. The molecule has 0 radical (unpaired) electrons. The van der Waals surface area contributed by atoms with Crippen LogP contribution in [0.3, 0.4) is 0 Å². The third kappa shape index (κ3) is 1.97. The number of rotatable bonds is 1. The maximum absolute atomic E-state index is 9.30. The second-order valence-corrected chi connectivity index (χ2v) is 4.81. The summed E-state index contributed by atoms with van der Waals surface area (Å²) >= 11 is 5.43. The van der Waals surface area contributed by atoms with Gasteiger partial charge in [0.05, 0.1) is 0 Å². The number of phenolic OH excluding ortho intramolecular Hbond substituents is 1. The number of aromatic hydroxyl groups is 1. The zero-order valence-corrected chi connectivity index (χ0v) is 10.5. The highest BCUT2D eigenvalue weighted by Gasteiger charge is 2.24. The molecule has 0 spiro atoms. The molecule has 0 saturated carbocycles. The van der Waals surface area contributed by atoms with Gasteiger partial charge in [-0.2, -0.15) is 0 Å². The van der Waals surface area contributed by atoms with E-state index in [9.17, 15) is 5.11 Å². The molecule has 18 heavy (non-hydrogen) atoms. The van der Waals surface area contributed by atoms with Crippen molar-refractivity contribution in [1.82, 2.24) is 0 Å². The molecule has 1 atom stereocenters. The number of para-hydroxylation sites is 1. The fourth-order valence-corrected chi connectivity index (χ4v) is 2.47. The highest BCUT2D eigenvalue weighted by Crippen LogP contribution is 2.35. The van der Waals surface area contributed by atoms with Crippen molar-refractivity contribution in [2.24, 2.45) is 0 Å². The van der Waals surface area contributed by atoms with Crippen LogP contribution in [0.15, 0.2) is 48.5 Å². The van der Waals surface area contributed by atoms with Gasteiger partial charge in [0.1, 0.15) is 17.6 Å². The van der Waals surface area contributed by atoms with Crippen LogP contribution in [0.2, 0.25) is 0 Å². The van der Waals surface area contributed by atoms with Crippen molar-refractivity contribution < 1.29 is 9.84 Å². The van der Waals surface area contributed by atoms with E-state index in [-0.39, 0.29) is 11.9 Å². The van der Waals surface area contributed by atoms with E-state index in [1.807, 2.05) is 36.4 Å². The molecule has 3 rings (SSSR count). The fraction of sp³-hybridized carbons (Fsp3) is 0.133. The summed E-state index contributed by atoms with van der Waals surface area (Å²) in [6.07, 6.45) is 0.643. The van der Waals surface area contributed by atoms with E-state index in [0.29, 0.717) is 6.42 Å². The van der Waals surface area contributed by atoms with Gasteiger partial charge in [0.2, 0.25) is 0 Å². The Bertz CT molecular complexity index is 590. The maximum atomic E-state index is 9.30. The maximum Gasteiger partial charge on any atom is 0.129 e. The summed E-state index contributed by atoms with van der Waals surface area (Å²) in [6, 6.07) is 14.9. The monoisotopic (exact) mass is 256 g/mol. The lowest BCUT2D eigenvalue weighted by molar-refractivity contribution is 0.207. The van der Waals surface area contributed by atoms with Gasteiger partial charge in [0.15, 0.2) is 0 Å². The smallest absolute Gasteiger partial charge is 0.129 e. The summed E-state index contributed by atoms with van der Waals surface area (Å²) < 4.78 is 5.96. The Hall–Kier alpha value is -1.87. The van der Waals surface area contributed by atoms with Crippen molar-refractivity contribution >= 4 is 17.1 Å². The molecule has 0 bridgehead atoms. The first-order chi connectivity index (χ1) is 8.74. The van der Waals surface area contributed by atoms with Crippen molar-refractivity contribution in [3.8, 4) is 11.5 Å². The third-order valence-electron chi connectivity index (χ3n) is 3.09. The Balaban J connectivity index is 1.94. The van der Waals surface area contributed by atoms with Crippen LogP contribution in [0.5, 0.6) is 11.5 Å². The number of ether oxygens (including phenoxy) is 1. The number of fused-ring (bicyclic) bond motifs is 1. The molecule has 3 heteroatoms. The summed E-state index contributed by atoms with van der Waals surface area (Å²) in [5.41, 5.74) is 2.05. The molecule has 1 N–H and O–H groups in total. The molecule has 1 aliphatic heterocycles. The van der Waals surface area contributed by atoms with Crippen LogP contribution >= 0.6 is 12.2 Å². The normalized spacial score (nSPS) is 18.0. The van der Waals surface area contributed by atoms with Crippen molar-refractivity contribution in [2.45, 2.75) is 12.5 Å². The lowest BCUT2D eigenvalue weighted by Crippen LogP contribution is -2.19. The predicted molar refractivity (Wildman–Crippen MR) is 74.2 cm³/mol. The number of phenols is 1. The Morgan fingerprint density at radius 2 is 1.78 bits per heavy atom. The molecule has 0 aliphatic carbocycles. The van der Waals surface area contributed by atoms with E-state index in [1.165, 1.54) is 0 Å². The third-order valence-corrected chi connectivity index (χ3v) is 3.48. The average molecular weight is 256 g/mol. The number of hydrogen-bond donors (Lipinski definition) is 1. The van der Waals surface area contributed by atoms with E-state index in [4.69, 9.17) is 17.0 Å². The summed E-state index contributed by atoms with van der Waals surface area (Å²) in [5, 5.41) is 9.30. The Morgan fingerprint density at radius 1 is 1.06 bits per heavy atom. The van der Waals surface area contributed by atoms with Crippen molar-refractivity contribution in [2.75, 3.05) is 0 Å². The van der Waals surface area contributed by atoms with Crippen LogP contribution in [0.1, 0.15) is 23.7 Å². The van der Waals surface area contributed by atoms with Crippen molar-refractivity contribution in [3.05, 3.63) is 59.7 Å². The van der Waals surface area contributed by atoms with Crippen molar-refractivity contribution in [3.63, 3.8) is 0 Å². The van der Waals surface area contributed by atoms with Gasteiger partial charge in [0, 0.05) is 16.8 Å².